The van der Waals surface area contributed by atoms with Gasteiger partial charge in [-0.3, -0.25) is 0 Å². The van der Waals surface area contributed by atoms with Gasteiger partial charge in [-0.25, -0.2) is 9.18 Å². The Kier molecular flexibility index (Phi) is 3.97. The van der Waals surface area contributed by atoms with Crippen molar-refractivity contribution >= 4 is 11.7 Å². The zero-order chi connectivity index (χ0) is 13.8. The predicted octanol–water partition coefficient (Wildman–Crippen LogP) is 1.54. The van der Waals surface area contributed by atoms with E-state index < -0.39 is 5.82 Å². The normalized spacial score (nSPS) is 18.2. The van der Waals surface area contributed by atoms with E-state index in [0.717, 1.165) is 12.5 Å². The van der Waals surface area contributed by atoms with Crippen LogP contribution in [0, 0.1) is 23.1 Å². The van der Waals surface area contributed by atoms with Crippen LogP contribution in [0.15, 0.2) is 18.2 Å². The molecule has 1 aromatic carbocycles. The number of rotatable bonds is 2. The van der Waals surface area contributed by atoms with Crippen LogP contribution in [0.4, 0.5) is 14.9 Å². The van der Waals surface area contributed by atoms with E-state index in [4.69, 9.17) is 10.4 Å². The van der Waals surface area contributed by atoms with Gasteiger partial charge in [-0.2, -0.15) is 5.26 Å². The maximum absolute atomic E-state index is 13.1. The number of hydrogen-bond acceptors (Lipinski definition) is 3. The minimum atomic E-state index is -0.609. The van der Waals surface area contributed by atoms with Crippen molar-refractivity contribution in [1.82, 2.24) is 4.90 Å². The first kappa shape index (κ1) is 13.3. The molecule has 1 unspecified atom stereocenters. The highest BCUT2D eigenvalue weighted by Crippen LogP contribution is 2.18. The average molecular weight is 263 g/mol. The van der Waals surface area contributed by atoms with Gasteiger partial charge in [0, 0.05) is 31.3 Å². The molecule has 0 spiro atoms. The number of halogens is 1. The Morgan fingerprint density at radius 2 is 2.42 bits per heavy atom. The van der Waals surface area contributed by atoms with Crippen molar-refractivity contribution in [2.24, 2.45) is 5.92 Å². The molecule has 19 heavy (non-hydrogen) atoms. The Labute approximate surface area is 110 Å². The molecule has 1 saturated heterocycles. The minimum absolute atomic E-state index is 0.0684. The molecule has 5 nitrogen and oxygen atoms in total. The van der Waals surface area contributed by atoms with E-state index in [0.29, 0.717) is 18.8 Å². The highest BCUT2D eigenvalue weighted by atomic mass is 19.1. The molecule has 1 heterocycles. The molecular formula is C13H14FN3O2. The molecule has 0 saturated carbocycles. The number of likely N-dealkylation sites (tertiary alicyclic amines) is 1. The van der Waals surface area contributed by atoms with E-state index >= 15 is 0 Å². The van der Waals surface area contributed by atoms with Crippen LogP contribution in [0.2, 0.25) is 0 Å². The number of nitrogens with zero attached hydrogens (tertiary/aromatic N) is 2. The molecule has 2 rings (SSSR count). The SMILES string of the molecule is N#Cc1cc(NC(=O)N2CCC(CO)C2)ccc1F. The molecule has 1 aliphatic heterocycles. The molecule has 0 radical (unpaired) electrons. The molecule has 0 bridgehead atoms. The summed E-state index contributed by atoms with van der Waals surface area (Å²) in [6, 6.07) is 5.28. The zero-order valence-electron chi connectivity index (χ0n) is 10.3. The van der Waals surface area contributed by atoms with Gasteiger partial charge in [0.2, 0.25) is 0 Å². The predicted molar refractivity (Wildman–Crippen MR) is 66.9 cm³/mol. The van der Waals surface area contributed by atoms with Crippen molar-refractivity contribution in [1.29, 1.82) is 5.26 Å². The van der Waals surface area contributed by atoms with Crippen LogP contribution in [-0.2, 0) is 0 Å². The van der Waals surface area contributed by atoms with Gasteiger partial charge >= 0.3 is 6.03 Å². The number of amides is 2. The number of urea groups is 1. The number of benzene rings is 1. The fraction of sp³-hybridized carbons (Fsp3) is 0.385. The molecule has 1 aromatic rings. The molecule has 1 aliphatic rings. The Balaban J connectivity index is 2.02. The minimum Gasteiger partial charge on any atom is -0.396 e. The summed E-state index contributed by atoms with van der Waals surface area (Å²) < 4.78 is 13.1. The summed E-state index contributed by atoms with van der Waals surface area (Å²) in [6.45, 7) is 1.16. The third kappa shape index (κ3) is 3.01. The number of nitrogens with one attached hydrogen (secondary N) is 1. The van der Waals surface area contributed by atoms with Crippen molar-refractivity contribution in [3.8, 4) is 6.07 Å². The summed E-state index contributed by atoms with van der Waals surface area (Å²) in [7, 11) is 0. The summed E-state index contributed by atoms with van der Waals surface area (Å²) in [5.74, 6) is -0.490. The smallest absolute Gasteiger partial charge is 0.321 e. The number of aliphatic hydroxyl groups excluding tert-OH is 1. The zero-order valence-corrected chi connectivity index (χ0v) is 10.3. The summed E-state index contributed by atoms with van der Waals surface area (Å²) in [5.41, 5.74) is 0.280. The molecule has 2 N–H and O–H groups in total. The van der Waals surface area contributed by atoms with Crippen LogP contribution in [-0.4, -0.2) is 35.7 Å². The molecule has 100 valence electrons. The van der Waals surface area contributed by atoms with Crippen LogP contribution in [0.5, 0.6) is 0 Å². The quantitative estimate of drug-likeness (QED) is 0.849. The Bertz CT molecular complexity index is 527. The van der Waals surface area contributed by atoms with Gasteiger partial charge in [-0.15, -0.1) is 0 Å². The van der Waals surface area contributed by atoms with Crippen LogP contribution in [0.1, 0.15) is 12.0 Å². The Hall–Kier alpha value is -2.13. The van der Waals surface area contributed by atoms with Crippen LogP contribution in [0.25, 0.3) is 0 Å². The second-order valence-electron chi connectivity index (χ2n) is 4.52. The number of carbonyl (C=O) groups excluding carboxylic acids is 1. The third-order valence-electron chi connectivity index (χ3n) is 3.17. The van der Waals surface area contributed by atoms with Gasteiger partial charge in [0.15, 0.2) is 0 Å². The largest absolute Gasteiger partial charge is 0.396 e. The molecule has 0 aliphatic carbocycles. The summed E-state index contributed by atoms with van der Waals surface area (Å²) in [6.07, 6.45) is 0.775. The molecule has 1 atom stereocenters. The van der Waals surface area contributed by atoms with E-state index in [-0.39, 0.29) is 24.1 Å². The van der Waals surface area contributed by atoms with Crippen LogP contribution < -0.4 is 5.32 Å². The third-order valence-corrected chi connectivity index (χ3v) is 3.17. The fourth-order valence-electron chi connectivity index (χ4n) is 2.06. The van der Waals surface area contributed by atoms with Gasteiger partial charge in [0.25, 0.3) is 0 Å². The lowest BCUT2D eigenvalue weighted by Crippen LogP contribution is -2.33. The van der Waals surface area contributed by atoms with Gasteiger partial charge in [-0.05, 0) is 24.6 Å². The molecule has 0 aromatic heterocycles. The summed E-state index contributed by atoms with van der Waals surface area (Å²) >= 11 is 0. The number of carbonyl (C=O) groups is 1. The number of aliphatic hydroxyl groups is 1. The van der Waals surface area contributed by atoms with Gasteiger partial charge < -0.3 is 15.3 Å². The van der Waals surface area contributed by atoms with Crippen molar-refractivity contribution in [3.05, 3.63) is 29.6 Å². The van der Waals surface area contributed by atoms with Gasteiger partial charge in [0.05, 0.1) is 5.56 Å². The van der Waals surface area contributed by atoms with Crippen molar-refractivity contribution < 1.29 is 14.3 Å². The highest BCUT2D eigenvalue weighted by Gasteiger charge is 2.25. The molecule has 1 fully saturated rings. The van der Waals surface area contributed by atoms with Gasteiger partial charge in [-0.1, -0.05) is 0 Å². The van der Waals surface area contributed by atoms with E-state index in [9.17, 15) is 9.18 Å². The average Bonchev–Trinajstić information content (AvgIpc) is 2.90. The summed E-state index contributed by atoms with van der Waals surface area (Å²) in [4.78, 5) is 13.5. The first-order valence-corrected chi connectivity index (χ1v) is 6.00. The second kappa shape index (κ2) is 5.67. The van der Waals surface area contributed by atoms with E-state index in [1.165, 1.54) is 12.1 Å². The van der Waals surface area contributed by atoms with E-state index in [2.05, 4.69) is 5.32 Å². The number of hydrogen-bond donors (Lipinski definition) is 2. The number of nitriles is 1. The Morgan fingerprint density at radius 1 is 1.63 bits per heavy atom. The van der Waals surface area contributed by atoms with Gasteiger partial charge in [0.1, 0.15) is 11.9 Å². The maximum atomic E-state index is 13.1. The molecule has 2 amide bonds. The fourth-order valence-corrected chi connectivity index (χ4v) is 2.06. The number of anilines is 1. The van der Waals surface area contributed by atoms with E-state index in [1.807, 2.05) is 0 Å². The maximum Gasteiger partial charge on any atom is 0.321 e. The highest BCUT2D eigenvalue weighted by molar-refractivity contribution is 5.89. The standard InChI is InChI=1S/C13H14FN3O2/c14-12-2-1-11(5-10(12)6-15)16-13(19)17-4-3-9(7-17)8-18/h1-2,5,9,18H,3-4,7-8H2,(H,16,19). The van der Waals surface area contributed by atoms with Crippen LogP contribution >= 0.6 is 0 Å². The van der Waals surface area contributed by atoms with E-state index in [1.54, 1.807) is 11.0 Å². The summed E-state index contributed by atoms with van der Waals surface area (Å²) in [5, 5.41) is 20.4. The van der Waals surface area contributed by atoms with Crippen molar-refractivity contribution in [2.45, 2.75) is 6.42 Å². The first-order chi connectivity index (χ1) is 9.13. The lowest BCUT2D eigenvalue weighted by atomic mass is 10.1. The monoisotopic (exact) mass is 263 g/mol. The molecular weight excluding hydrogens is 249 g/mol. The van der Waals surface area contributed by atoms with Crippen molar-refractivity contribution in [3.63, 3.8) is 0 Å². The molecule has 6 heteroatoms. The van der Waals surface area contributed by atoms with Crippen molar-refractivity contribution in [2.75, 3.05) is 25.0 Å². The first-order valence-electron chi connectivity index (χ1n) is 6.00. The van der Waals surface area contributed by atoms with Crippen LogP contribution in [0.3, 0.4) is 0 Å². The lowest BCUT2D eigenvalue weighted by Gasteiger charge is -2.17. The second-order valence-corrected chi connectivity index (χ2v) is 4.52. The lowest BCUT2D eigenvalue weighted by molar-refractivity contribution is 0.209. The topological polar surface area (TPSA) is 76.4 Å². The Morgan fingerprint density at radius 3 is 3.05 bits per heavy atom.